The third-order valence-electron chi connectivity index (χ3n) is 5.03. The maximum atomic E-state index is 12.9. The largest absolute Gasteiger partial charge is 0.496 e. The van der Waals surface area contributed by atoms with Gasteiger partial charge in [-0.15, -0.1) is 0 Å². The lowest BCUT2D eigenvalue weighted by Gasteiger charge is -2.36. The van der Waals surface area contributed by atoms with Crippen molar-refractivity contribution in [3.8, 4) is 5.75 Å². The third-order valence-corrected chi connectivity index (χ3v) is 5.03. The molecule has 0 aromatic heterocycles. The first-order valence-corrected chi connectivity index (χ1v) is 9.23. The second kappa shape index (κ2) is 8.29. The van der Waals surface area contributed by atoms with E-state index in [1.165, 1.54) is 0 Å². The molecule has 1 aromatic carbocycles. The highest BCUT2D eigenvalue weighted by atomic mass is 16.5. The third kappa shape index (κ3) is 3.99. The summed E-state index contributed by atoms with van der Waals surface area (Å²) in [4.78, 5) is 29.3. The van der Waals surface area contributed by atoms with Crippen LogP contribution < -0.4 is 4.74 Å². The molecule has 0 radical (unpaired) electrons. The molecule has 6 nitrogen and oxygen atoms in total. The van der Waals surface area contributed by atoms with Crippen LogP contribution in [0.1, 0.15) is 23.7 Å². The van der Waals surface area contributed by atoms with Crippen LogP contribution in [0.2, 0.25) is 0 Å². The monoisotopic (exact) mass is 370 g/mol. The minimum absolute atomic E-state index is 0.0287. The number of nitrogens with zero attached hydrogens (tertiary/aromatic N) is 2. The number of para-hydroxylation sites is 1. The van der Waals surface area contributed by atoms with Crippen LogP contribution in [-0.2, 0) is 9.53 Å². The van der Waals surface area contributed by atoms with E-state index in [0.717, 1.165) is 6.42 Å². The van der Waals surface area contributed by atoms with Crippen molar-refractivity contribution < 1.29 is 19.1 Å². The van der Waals surface area contributed by atoms with Crippen molar-refractivity contribution in [2.75, 3.05) is 40.4 Å². The molecule has 1 fully saturated rings. The molecule has 1 aromatic rings. The molecular formula is C21H26N2O4. The predicted molar refractivity (Wildman–Crippen MR) is 102 cm³/mol. The molecule has 2 amide bonds. The van der Waals surface area contributed by atoms with Gasteiger partial charge in [-0.2, -0.15) is 0 Å². The number of methoxy groups -OCH3 is 2. The average Bonchev–Trinajstić information content (AvgIpc) is 2.72. The van der Waals surface area contributed by atoms with Crippen LogP contribution in [-0.4, -0.2) is 62.0 Å². The summed E-state index contributed by atoms with van der Waals surface area (Å²) < 4.78 is 10.7. The lowest BCUT2D eigenvalue weighted by atomic mass is 9.95. The zero-order valence-electron chi connectivity index (χ0n) is 16.1. The zero-order chi connectivity index (χ0) is 19.4. The van der Waals surface area contributed by atoms with Gasteiger partial charge in [0.05, 0.1) is 25.4 Å². The fourth-order valence-corrected chi connectivity index (χ4v) is 3.48. The number of benzene rings is 1. The lowest BCUT2D eigenvalue weighted by molar-refractivity contribution is -0.128. The second-order valence-electron chi connectivity index (χ2n) is 6.85. The Morgan fingerprint density at radius 1 is 0.963 bits per heavy atom. The zero-order valence-corrected chi connectivity index (χ0v) is 16.1. The average molecular weight is 370 g/mol. The number of amides is 2. The topological polar surface area (TPSA) is 59.1 Å². The van der Waals surface area contributed by atoms with Crippen LogP contribution >= 0.6 is 0 Å². The van der Waals surface area contributed by atoms with Crippen molar-refractivity contribution in [2.45, 2.75) is 13.3 Å². The summed E-state index contributed by atoms with van der Waals surface area (Å²) in [5, 5.41) is 0. The fraction of sp³-hybridized carbons (Fsp3) is 0.429. The SMILES string of the molecule is COC1=CC[C@H](C)C=C1C(=O)N1CCN(C(=O)c2ccccc2OC)CC1. The minimum Gasteiger partial charge on any atom is -0.496 e. The van der Waals surface area contributed by atoms with E-state index in [0.29, 0.717) is 54.7 Å². The van der Waals surface area contributed by atoms with Crippen LogP contribution in [0.4, 0.5) is 0 Å². The maximum Gasteiger partial charge on any atom is 0.257 e. The number of ether oxygens (including phenoxy) is 2. The molecule has 0 bridgehead atoms. The number of carbonyl (C=O) groups is 2. The first-order valence-electron chi connectivity index (χ1n) is 9.23. The van der Waals surface area contributed by atoms with Gasteiger partial charge in [-0.05, 0) is 30.5 Å². The van der Waals surface area contributed by atoms with Gasteiger partial charge < -0.3 is 19.3 Å². The van der Waals surface area contributed by atoms with Crippen molar-refractivity contribution in [2.24, 2.45) is 5.92 Å². The number of piperazine rings is 1. The molecule has 0 unspecified atom stereocenters. The van der Waals surface area contributed by atoms with E-state index in [2.05, 4.69) is 6.92 Å². The van der Waals surface area contributed by atoms with Crippen LogP contribution in [0, 0.1) is 5.92 Å². The van der Waals surface area contributed by atoms with Crippen LogP contribution in [0.3, 0.4) is 0 Å². The van der Waals surface area contributed by atoms with Gasteiger partial charge in [0.2, 0.25) is 0 Å². The summed E-state index contributed by atoms with van der Waals surface area (Å²) >= 11 is 0. The van der Waals surface area contributed by atoms with Crippen LogP contribution in [0.5, 0.6) is 5.75 Å². The van der Waals surface area contributed by atoms with Crippen molar-refractivity contribution in [1.82, 2.24) is 9.80 Å². The van der Waals surface area contributed by atoms with Gasteiger partial charge in [0, 0.05) is 26.2 Å². The molecule has 0 N–H and O–H groups in total. The number of hydrogen-bond donors (Lipinski definition) is 0. The Morgan fingerprint density at radius 2 is 1.59 bits per heavy atom. The quantitative estimate of drug-likeness (QED) is 0.817. The summed E-state index contributed by atoms with van der Waals surface area (Å²) in [5.74, 6) is 1.43. The van der Waals surface area contributed by atoms with E-state index in [1.54, 1.807) is 36.2 Å². The summed E-state index contributed by atoms with van der Waals surface area (Å²) in [5.41, 5.74) is 1.17. The summed E-state index contributed by atoms with van der Waals surface area (Å²) in [6.07, 6.45) is 4.83. The molecule has 1 saturated heterocycles. The Balaban J connectivity index is 1.66. The summed E-state index contributed by atoms with van der Waals surface area (Å²) in [6.45, 7) is 4.08. The van der Waals surface area contributed by atoms with Gasteiger partial charge in [-0.1, -0.05) is 25.1 Å². The Labute approximate surface area is 160 Å². The maximum absolute atomic E-state index is 12.9. The van der Waals surface area contributed by atoms with E-state index in [4.69, 9.17) is 9.47 Å². The molecule has 1 heterocycles. The van der Waals surface area contributed by atoms with Crippen molar-refractivity contribution in [3.05, 3.63) is 53.3 Å². The summed E-state index contributed by atoms with van der Waals surface area (Å²) in [6, 6.07) is 7.21. The van der Waals surface area contributed by atoms with E-state index < -0.39 is 0 Å². The molecule has 2 aliphatic rings. The number of rotatable bonds is 4. The fourth-order valence-electron chi connectivity index (χ4n) is 3.48. The molecule has 0 saturated carbocycles. The molecule has 0 spiro atoms. The van der Waals surface area contributed by atoms with E-state index in [-0.39, 0.29) is 11.8 Å². The first-order chi connectivity index (χ1) is 13.0. The smallest absolute Gasteiger partial charge is 0.257 e. The van der Waals surface area contributed by atoms with Gasteiger partial charge >= 0.3 is 0 Å². The van der Waals surface area contributed by atoms with Crippen molar-refractivity contribution in [3.63, 3.8) is 0 Å². The predicted octanol–water partition coefficient (Wildman–Crippen LogP) is 2.48. The van der Waals surface area contributed by atoms with Gasteiger partial charge in [0.15, 0.2) is 0 Å². The van der Waals surface area contributed by atoms with Gasteiger partial charge in [0.1, 0.15) is 11.5 Å². The highest BCUT2D eigenvalue weighted by Gasteiger charge is 2.30. The van der Waals surface area contributed by atoms with Crippen molar-refractivity contribution in [1.29, 1.82) is 0 Å². The Hall–Kier alpha value is -2.76. The summed E-state index contributed by atoms with van der Waals surface area (Å²) in [7, 11) is 3.15. The molecule has 6 heteroatoms. The van der Waals surface area contributed by atoms with E-state index >= 15 is 0 Å². The number of carbonyl (C=O) groups excluding carboxylic acids is 2. The minimum atomic E-state index is -0.0671. The molecule has 1 aliphatic heterocycles. The van der Waals surface area contributed by atoms with Gasteiger partial charge in [-0.25, -0.2) is 0 Å². The number of hydrogen-bond acceptors (Lipinski definition) is 4. The highest BCUT2D eigenvalue weighted by Crippen LogP contribution is 2.26. The molecule has 3 rings (SSSR count). The van der Waals surface area contributed by atoms with Gasteiger partial charge in [-0.3, -0.25) is 9.59 Å². The van der Waals surface area contributed by atoms with E-state index in [9.17, 15) is 9.59 Å². The molecule has 1 atom stereocenters. The van der Waals surface area contributed by atoms with Crippen LogP contribution in [0.15, 0.2) is 47.7 Å². The van der Waals surface area contributed by atoms with Crippen molar-refractivity contribution >= 4 is 11.8 Å². The molecule has 27 heavy (non-hydrogen) atoms. The molecule has 144 valence electrons. The first kappa shape index (κ1) is 19.0. The highest BCUT2D eigenvalue weighted by molar-refractivity contribution is 5.99. The standard InChI is InChI=1S/C21H26N2O4/c1-15-8-9-19(27-3)17(14-15)21(25)23-12-10-22(11-13-23)20(24)16-6-4-5-7-18(16)26-2/h4-7,9,14-15H,8,10-13H2,1-3H3/t15-/m0/s1. The Bertz CT molecular complexity index is 776. The second-order valence-corrected chi connectivity index (χ2v) is 6.85. The Kier molecular flexibility index (Phi) is 5.84. The van der Waals surface area contributed by atoms with Crippen LogP contribution in [0.25, 0.3) is 0 Å². The molecule has 1 aliphatic carbocycles. The Morgan fingerprint density at radius 3 is 2.22 bits per heavy atom. The molecular weight excluding hydrogens is 344 g/mol. The van der Waals surface area contributed by atoms with Gasteiger partial charge in [0.25, 0.3) is 11.8 Å². The number of allylic oxidation sites excluding steroid dienone is 2. The normalized spacial score (nSPS) is 19.9. The van der Waals surface area contributed by atoms with E-state index in [1.807, 2.05) is 24.3 Å². The lowest BCUT2D eigenvalue weighted by Crippen LogP contribution is -2.51.